The molecule has 0 radical (unpaired) electrons. The Hall–Kier alpha value is -4.00. The lowest BCUT2D eigenvalue weighted by molar-refractivity contribution is -0.384. The summed E-state index contributed by atoms with van der Waals surface area (Å²) in [5.74, 6) is -0.192. The fourth-order valence-electron chi connectivity index (χ4n) is 2.60. The number of carbonyl (C=O) groups excluding carboxylic acids is 2. The Morgan fingerprint density at radius 1 is 0.929 bits per heavy atom. The topological polar surface area (TPSA) is 98.5 Å². The number of amides is 1. The highest BCUT2D eigenvalue weighted by atomic mass is 16.6. The SMILES string of the molecule is CC(=O)c1ccccc1NC(=O)c1cc([N+](=O)[O-])ccc1Oc1ccccc1. The van der Waals surface area contributed by atoms with Crippen LogP contribution in [0, 0.1) is 10.1 Å². The number of carbonyl (C=O) groups is 2. The van der Waals surface area contributed by atoms with Crippen LogP contribution in [0.2, 0.25) is 0 Å². The van der Waals surface area contributed by atoms with Crippen LogP contribution in [-0.4, -0.2) is 16.6 Å². The van der Waals surface area contributed by atoms with E-state index in [9.17, 15) is 19.7 Å². The smallest absolute Gasteiger partial charge is 0.270 e. The summed E-state index contributed by atoms with van der Waals surface area (Å²) in [6.45, 7) is 1.39. The average Bonchev–Trinajstić information content (AvgIpc) is 2.69. The van der Waals surface area contributed by atoms with Gasteiger partial charge in [0.05, 0.1) is 16.2 Å². The number of hydrogen-bond acceptors (Lipinski definition) is 5. The second-order valence-electron chi connectivity index (χ2n) is 5.91. The van der Waals surface area contributed by atoms with Crippen LogP contribution in [0.5, 0.6) is 11.5 Å². The maximum Gasteiger partial charge on any atom is 0.270 e. The molecule has 0 atom stereocenters. The number of nitro groups is 1. The molecule has 1 amide bonds. The molecule has 0 saturated carbocycles. The monoisotopic (exact) mass is 376 g/mol. The summed E-state index contributed by atoms with van der Waals surface area (Å²) in [6, 6.07) is 19.1. The lowest BCUT2D eigenvalue weighted by Gasteiger charge is -2.13. The van der Waals surface area contributed by atoms with Gasteiger partial charge in [-0.15, -0.1) is 0 Å². The van der Waals surface area contributed by atoms with E-state index in [1.165, 1.54) is 19.1 Å². The zero-order chi connectivity index (χ0) is 20.1. The first-order chi connectivity index (χ1) is 13.5. The number of hydrogen-bond donors (Lipinski definition) is 1. The molecule has 140 valence electrons. The largest absolute Gasteiger partial charge is 0.457 e. The van der Waals surface area contributed by atoms with Crippen LogP contribution in [-0.2, 0) is 0 Å². The lowest BCUT2D eigenvalue weighted by atomic mass is 10.1. The molecule has 1 N–H and O–H groups in total. The number of Topliss-reactive ketones (excluding diaryl/α,β-unsaturated/α-hetero) is 1. The third-order valence-electron chi connectivity index (χ3n) is 3.94. The molecule has 28 heavy (non-hydrogen) atoms. The fraction of sp³-hybridized carbons (Fsp3) is 0.0476. The fourth-order valence-corrected chi connectivity index (χ4v) is 2.60. The Labute approximate surface area is 160 Å². The minimum Gasteiger partial charge on any atom is -0.457 e. The van der Waals surface area contributed by atoms with E-state index < -0.39 is 10.8 Å². The van der Waals surface area contributed by atoms with Gasteiger partial charge in [-0.1, -0.05) is 30.3 Å². The van der Waals surface area contributed by atoms with Gasteiger partial charge in [-0.25, -0.2) is 0 Å². The maximum atomic E-state index is 12.8. The first-order valence-corrected chi connectivity index (χ1v) is 8.38. The standard InChI is InChI=1S/C21H16N2O5/c1-14(24)17-9-5-6-10-19(17)22-21(25)18-13-15(23(26)27)11-12-20(18)28-16-7-3-2-4-8-16/h2-13H,1H3,(H,22,25). The molecule has 7 heteroatoms. The summed E-state index contributed by atoms with van der Waals surface area (Å²) in [6.07, 6.45) is 0. The summed E-state index contributed by atoms with van der Waals surface area (Å²) in [5, 5.41) is 13.8. The number of nitrogens with zero attached hydrogens (tertiary/aromatic N) is 1. The lowest BCUT2D eigenvalue weighted by Crippen LogP contribution is -2.15. The minimum absolute atomic E-state index is 0.0172. The summed E-state index contributed by atoms with van der Waals surface area (Å²) in [5.41, 5.74) is 0.394. The van der Waals surface area contributed by atoms with Gasteiger partial charge in [0, 0.05) is 17.7 Å². The van der Waals surface area contributed by atoms with Crippen molar-refractivity contribution in [2.24, 2.45) is 0 Å². The molecule has 0 aliphatic carbocycles. The van der Waals surface area contributed by atoms with E-state index in [0.29, 0.717) is 17.0 Å². The van der Waals surface area contributed by atoms with Crippen molar-refractivity contribution in [3.63, 3.8) is 0 Å². The van der Waals surface area contributed by atoms with Gasteiger partial charge in [0.25, 0.3) is 11.6 Å². The van der Waals surface area contributed by atoms with E-state index in [4.69, 9.17) is 4.74 Å². The number of ketones is 1. The van der Waals surface area contributed by atoms with Gasteiger partial charge < -0.3 is 10.1 Å². The van der Waals surface area contributed by atoms with E-state index in [0.717, 1.165) is 6.07 Å². The van der Waals surface area contributed by atoms with Crippen LogP contribution in [0.25, 0.3) is 0 Å². The normalized spacial score (nSPS) is 10.2. The van der Waals surface area contributed by atoms with E-state index in [2.05, 4.69) is 5.32 Å². The van der Waals surface area contributed by atoms with Crippen molar-refractivity contribution in [2.75, 3.05) is 5.32 Å². The molecular formula is C21H16N2O5. The quantitative estimate of drug-likeness (QED) is 0.377. The van der Waals surface area contributed by atoms with Crippen LogP contribution in [0.3, 0.4) is 0 Å². The second-order valence-corrected chi connectivity index (χ2v) is 5.91. The van der Waals surface area contributed by atoms with Crippen LogP contribution in [0.4, 0.5) is 11.4 Å². The van der Waals surface area contributed by atoms with Gasteiger partial charge in [0.2, 0.25) is 0 Å². The number of nitro benzene ring substituents is 1. The highest BCUT2D eigenvalue weighted by molar-refractivity contribution is 6.10. The van der Waals surface area contributed by atoms with Crippen molar-refractivity contribution in [3.05, 3.63) is 94.0 Å². The third-order valence-corrected chi connectivity index (χ3v) is 3.94. The molecule has 3 rings (SSSR count). The Bertz CT molecular complexity index is 1050. The van der Waals surface area contributed by atoms with Crippen molar-refractivity contribution in [2.45, 2.75) is 6.92 Å². The summed E-state index contributed by atoms with van der Waals surface area (Å²) in [7, 11) is 0. The molecule has 0 bridgehead atoms. The molecule has 0 spiro atoms. The van der Waals surface area contributed by atoms with E-state index in [1.807, 2.05) is 6.07 Å². The summed E-state index contributed by atoms with van der Waals surface area (Å²) < 4.78 is 5.73. The van der Waals surface area contributed by atoms with Crippen LogP contribution in [0.1, 0.15) is 27.6 Å². The average molecular weight is 376 g/mol. The van der Waals surface area contributed by atoms with Gasteiger partial charge in [-0.3, -0.25) is 19.7 Å². The van der Waals surface area contributed by atoms with Crippen molar-refractivity contribution in [1.29, 1.82) is 0 Å². The highest BCUT2D eigenvalue weighted by Crippen LogP contribution is 2.30. The van der Waals surface area contributed by atoms with E-state index >= 15 is 0 Å². The van der Waals surface area contributed by atoms with Crippen LogP contribution in [0.15, 0.2) is 72.8 Å². The molecule has 0 aliphatic heterocycles. The molecule has 7 nitrogen and oxygen atoms in total. The number of non-ortho nitro benzene ring substituents is 1. The summed E-state index contributed by atoms with van der Waals surface area (Å²) in [4.78, 5) is 35.2. The predicted molar refractivity (Wildman–Crippen MR) is 104 cm³/mol. The molecular weight excluding hydrogens is 360 g/mol. The molecule has 0 saturated heterocycles. The van der Waals surface area contributed by atoms with Crippen LogP contribution < -0.4 is 10.1 Å². The number of rotatable bonds is 6. The molecule has 3 aromatic carbocycles. The Balaban J connectivity index is 1.98. The first-order valence-electron chi connectivity index (χ1n) is 8.38. The zero-order valence-electron chi connectivity index (χ0n) is 14.9. The van der Waals surface area contributed by atoms with Crippen molar-refractivity contribution in [1.82, 2.24) is 0 Å². The second kappa shape index (κ2) is 8.13. The first kappa shape index (κ1) is 18.8. The number of benzene rings is 3. The molecule has 0 aliphatic rings. The van der Waals surface area contributed by atoms with Gasteiger partial charge in [0.1, 0.15) is 11.5 Å². The van der Waals surface area contributed by atoms with E-state index in [-0.39, 0.29) is 22.8 Å². The molecule has 0 aromatic heterocycles. The predicted octanol–water partition coefficient (Wildman–Crippen LogP) is 4.84. The van der Waals surface area contributed by atoms with Gasteiger partial charge in [0.15, 0.2) is 5.78 Å². The minimum atomic E-state index is -0.622. The third kappa shape index (κ3) is 4.21. The number of ether oxygens (including phenoxy) is 1. The number of nitrogens with one attached hydrogen (secondary N) is 1. The van der Waals surface area contributed by atoms with E-state index in [1.54, 1.807) is 48.5 Å². The van der Waals surface area contributed by atoms with Crippen molar-refractivity contribution < 1.29 is 19.2 Å². The number of para-hydroxylation sites is 2. The Morgan fingerprint density at radius 2 is 1.61 bits per heavy atom. The molecule has 3 aromatic rings. The number of anilines is 1. The highest BCUT2D eigenvalue weighted by Gasteiger charge is 2.20. The van der Waals surface area contributed by atoms with Gasteiger partial charge >= 0.3 is 0 Å². The van der Waals surface area contributed by atoms with Gasteiger partial charge in [-0.2, -0.15) is 0 Å². The Morgan fingerprint density at radius 3 is 2.29 bits per heavy atom. The maximum absolute atomic E-state index is 12.8. The van der Waals surface area contributed by atoms with Crippen molar-refractivity contribution in [3.8, 4) is 11.5 Å². The molecule has 0 unspecified atom stereocenters. The summed E-state index contributed by atoms with van der Waals surface area (Å²) >= 11 is 0. The Kier molecular flexibility index (Phi) is 5.45. The molecule has 0 fully saturated rings. The molecule has 0 heterocycles. The van der Waals surface area contributed by atoms with Gasteiger partial charge in [-0.05, 0) is 37.3 Å². The van der Waals surface area contributed by atoms with Crippen molar-refractivity contribution >= 4 is 23.1 Å². The van der Waals surface area contributed by atoms with Crippen LogP contribution >= 0.6 is 0 Å². The zero-order valence-corrected chi connectivity index (χ0v) is 14.9.